The number of carbonyl (C=O) groups is 2. The number of rotatable bonds is 3. The smallest absolute Gasteiger partial charge is 0.258 e. The summed E-state index contributed by atoms with van der Waals surface area (Å²) in [4.78, 5) is 28.0. The van der Waals surface area contributed by atoms with Crippen LogP contribution in [0.15, 0.2) is 48.7 Å². The van der Waals surface area contributed by atoms with Crippen LogP contribution < -0.4 is 14.8 Å². The first-order valence-corrected chi connectivity index (χ1v) is 12.6. The number of benzene rings is 2. The molecule has 6 rings (SSSR count). The summed E-state index contributed by atoms with van der Waals surface area (Å²) in [5.74, 6) is 1.22. The minimum absolute atomic E-state index is 0.0248. The van der Waals surface area contributed by atoms with Crippen molar-refractivity contribution < 1.29 is 19.1 Å². The normalized spacial score (nSPS) is 17.8. The van der Waals surface area contributed by atoms with Crippen LogP contribution in [0.2, 0.25) is 0 Å². The molecule has 0 radical (unpaired) electrons. The SMILES string of the molecule is CCCn1cc(C(=O)N2CCc3cc4ccc3C2c2cccc(c2)OCCCNC(=O)CO4)c(C)n1. The summed E-state index contributed by atoms with van der Waals surface area (Å²) >= 11 is 0. The molecule has 3 aliphatic rings. The van der Waals surface area contributed by atoms with Crippen LogP contribution in [-0.2, 0) is 17.8 Å². The van der Waals surface area contributed by atoms with Gasteiger partial charge in [0.2, 0.25) is 0 Å². The average Bonchev–Trinajstić information content (AvgIpc) is 3.25. The van der Waals surface area contributed by atoms with E-state index in [1.165, 1.54) is 0 Å². The van der Waals surface area contributed by atoms with Crippen molar-refractivity contribution in [2.45, 2.75) is 45.7 Å². The van der Waals surface area contributed by atoms with Gasteiger partial charge in [-0.2, -0.15) is 5.10 Å². The van der Waals surface area contributed by atoms with Gasteiger partial charge in [-0.15, -0.1) is 0 Å². The lowest BCUT2D eigenvalue weighted by atomic mass is 9.87. The Morgan fingerprint density at radius 2 is 2.03 bits per heavy atom. The maximum Gasteiger partial charge on any atom is 0.258 e. The van der Waals surface area contributed by atoms with Gasteiger partial charge in [0.05, 0.1) is 23.9 Å². The number of fused-ring (bicyclic) bond motifs is 8. The fourth-order valence-electron chi connectivity index (χ4n) is 4.96. The lowest BCUT2D eigenvalue weighted by Crippen LogP contribution is -2.40. The fourth-order valence-corrected chi connectivity index (χ4v) is 4.96. The molecule has 1 aromatic heterocycles. The Bertz CT molecular complexity index is 1270. The number of aryl methyl sites for hydroxylation is 2. The van der Waals surface area contributed by atoms with Gasteiger partial charge in [0, 0.05) is 25.8 Å². The number of hydrogen-bond acceptors (Lipinski definition) is 5. The van der Waals surface area contributed by atoms with Crippen molar-refractivity contribution in [1.29, 1.82) is 0 Å². The van der Waals surface area contributed by atoms with E-state index in [-0.39, 0.29) is 24.5 Å². The topological polar surface area (TPSA) is 85.7 Å². The van der Waals surface area contributed by atoms with E-state index in [2.05, 4.69) is 17.3 Å². The van der Waals surface area contributed by atoms with Gasteiger partial charge in [0.25, 0.3) is 11.8 Å². The summed E-state index contributed by atoms with van der Waals surface area (Å²) in [5, 5.41) is 7.42. The van der Waals surface area contributed by atoms with Crippen molar-refractivity contribution in [3.8, 4) is 11.5 Å². The van der Waals surface area contributed by atoms with Crippen molar-refractivity contribution in [3.63, 3.8) is 0 Å². The van der Waals surface area contributed by atoms with E-state index in [0.717, 1.165) is 41.1 Å². The van der Waals surface area contributed by atoms with E-state index in [4.69, 9.17) is 9.47 Å². The molecule has 36 heavy (non-hydrogen) atoms. The summed E-state index contributed by atoms with van der Waals surface area (Å²) < 4.78 is 13.6. The molecule has 1 atom stereocenters. The number of hydrogen-bond donors (Lipinski definition) is 1. The quantitative estimate of drug-likeness (QED) is 0.608. The first-order chi connectivity index (χ1) is 17.5. The molecule has 0 spiro atoms. The van der Waals surface area contributed by atoms with Crippen LogP contribution in [0.5, 0.6) is 11.5 Å². The van der Waals surface area contributed by atoms with E-state index >= 15 is 0 Å². The Balaban J connectivity index is 1.56. The van der Waals surface area contributed by atoms with E-state index in [9.17, 15) is 9.59 Å². The molecular weight excluding hydrogens is 456 g/mol. The molecule has 0 fully saturated rings. The van der Waals surface area contributed by atoms with Gasteiger partial charge in [-0.1, -0.05) is 25.1 Å². The number of carbonyl (C=O) groups excluding carboxylic acids is 2. The van der Waals surface area contributed by atoms with Crippen molar-refractivity contribution in [2.75, 3.05) is 26.3 Å². The summed E-state index contributed by atoms with van der Waals surface area (Å²) in [6.07, 6.45) is 4.20. The second-order valence-electron chi connectivity index (χ2n) is 9.32. The van der Waals surface area contributed by atoms with Crippen LogP contribution in [0, 0.1) is 6.92 Å². The van der Waals surface area contributed by atoms with Crippen molar-refractivity contribution in [2.24, 2.45) is 0 Å². The Labute approximate surface area is 211 Å². The molecule has 0 saturated carbocycles. The molecule has 1 N–H and O–H groups in total. The van der Waals surface area contributed by atoms with Gasteiger partial charge < -0.3 is 19.7 Å². The Morgan fingerprint density at radius 3 is 2.89 bits per heavy atom. The number of nitrogens with one attached hydrogen (secondary N) is 1. The molecule has 2 aromatic carbocycles. The standard InChI is InChI=1S/C28H32N4O4/c1-3-12-31-17-25(19(2)30-31)28(34)32-13-10-20-15-23-8-9-24(20)27(32)21-6-4-7-22(16-21)35-14-5-11-29-26(33)18-36-23/h4,6-9,15-17,27H,3,5,10-14,18H2,1-2H3,(H,29,33). The van der Waals surface area contributed by atoms with Gasteiger partial charge in [0.15, 0.2) is 6.61 Å². The summed E-state index contributed by atoms with van der Waals surface area (Å²) in [5.41, 5.74) is 4.53. The molecule has 0 saturated heterocycles. The van der Waals surface area contributed by atoms with E-state index < -0.39 is 0 Å². The number of ether oxygens (including phenoxy) is 2. The highest BCUT2D eigenvalue weighted by Gasteiger charge is 2.34. The zero-order chi connectivity index (χ0) is 25.1. The molecule has 0 aliphatic carbocycles. The zero-order valence-corrected chi connectivity index (χ0v) is 20.8. The predicted octanol–water partition coefficient (Wildman–Crippen LogP) is 3.67. The van der Waals surface area contributed by atoms with Crippen LogP contribution in [0.1, 0.15) is 58.5 Å². The Hall–Kier alpha value is -3.81. The van der Waals surface area contributed by atoms with Crippen LogP contribution in [0.3, 0.4) is 0 Å². The lowest BCUT2D eigenvalue weighted by Gasteiger charge is -2.38. The third-order valence-corrected chi connectivity index (χ3v) is 6.69. The Morgan fingerprint density at radius 1 is 1.17 bits per heavy atom. The van der Waals surface area contributed by atoms with Gasteiger partial charge in [0.1, 0.15) is 11.5 Å². The summed E-state index contributed by atoms with van der Waals surface area (Å²) in [6, 6.07) is 13.6. The van der Waals surface area contributed by atoms with Gasteiger partial charge in [-0.25, -0.2) is 0 Å². The van der Waals surface area contributed by atoms with Crippen LogP contribution >= 0.6 is 0 Å². The van der Waals surface area contributed by atoms with Crippen LogP contribution in [0.25, 0.3) is 0 Å². The second kappa shape index (κ2) is 10.4. The molecule has 2 amide bonds. The molecule has 6 bridgehead atoms. The number of aromatic nitrogens is 2. The monoisotopic (exact) mass is 488 g/mol. The fraction of sp³-hybridized carbons (Fsp3) is 0.393. The highest BCUT2D eigenvalue weighted by atomic mass is 16.5. The number of amides is 2. The van der Waals surface area contributed by atoms with Gasteiger partial charge in [-0.3, -0.25) is 14.3 Å². The van der Waals surface area contributed by atoms with Crippen LogP contribution in [0.4, 0.5) is 0 Å². The van der Waals surface area contributed by atoms with Crippen molar-refractivity contribution in [3.05, 3.63) is 76.6 Å². The molecule has 4 heterocycles. The molecule has 8 nitrogen and oxygen atoms in total. The third-order valence-electron chi connectivity index (χ3n) is 6.69. The first kappa shape index (κ1) is 23.9. The highest BCUT2D eigenvalue weighted by molar-refractivity contribution is 5.95. The minimum Gasteiger partial charge on any atom is -0.494 e. The highest BCUT2D eigenvalue weighted by Crippen LogP contribution is 2.39. The van der Waals surface area contributed by atoms with Crippen LogP contribution in [-0.4, -0.2) is 52.8 Å². The summed E-state index contributed by atoms with van der Waals surface area (Å²) in [7, 11) is 0. The van der Waals surface area contributed by atoms with Gasteiger partial charge in [-0.05, 0) is 67.1 Å². The molecule has 8 heteroatoms. The van der Waals surface area contributed by atoms with E-state index in [1.807, 2.05) is 65.2 Å². The molecular formula is C28H32N4O4. The average molecular weight is 489 g/mol. The lowest BCUT2D eigenvalue weighted by molar-refractivity contribution is -0.123. The predicted molar refractivity (Wildman–Crippen MR) is 135 cm³/mol. The maximum atomic E-state index is 13.9. The summed E-state index contributed by atoms with van der Waals surface area (Å²) in [6.45, 7) is 6.29. The van der Waals surface area contributed by atoms with Gasteiger partial charge >= 0.3 is 0 Å². The second-order valence-corrected chi connectivity index (χ2v) is 9.32. The van der Waals surface area contributed by atoms with Crippen molar-refractivity contribution >= 4 is 11.8 Å². The zero-order valence-electron chi connectivity index (χ0n) is 20.8. The first-order valence-electron chi connectivity index (χ1n) is 12.6. The maximum absolute atomic E-state index is 13.9. The number of nitrogens with zero attached hydrogens (tertiary/aromatic N) is 3. The van der Waals surface area contributed by atoms with E-state index in [1.54, 1.807) is 0 Å². The van der Waals surface area contributed by atoms with Crippen molar-refractivity contribution in [1.82, 2.24) is 20.0 Å². The molecule has 3 aliphatic heterocycles. The van der Waals surface area contributed by atoms with E-state index in [0.29, 0.717) is 43.9 Å². The molecule has 188 valence electrons. The molecule has 3 aromatic rings. The largest absolute Gasteiger partial charge is 0.494 e. The minimum atomic E-state index is -0.274. The Kier molecular flexibility index (Phi) is 6.93. The third kappa shape index (κ3) is 4.94. The molecule has 1 unspecified atom stereocenters.